The quantitative estimate of drug-likeness (QED) is 0.601. The zero-order valence-electron chi connectivity index (χ0n) is 14.1. The van der Waals surface area contributed by atoms with Gasteiger partial charge in [-0.25, -0.2) is 8.42 Å². The Balaban J connectivity index is 1.82. The van der Waals surface area contributed by atoms with E-state index in [1.165, 1.54) is 34.6 Å². The van der Waals surface area contributed by atoms with Crippen LogP contribution in [0.4, 0.5) is 11.4 Å². The third kappa shape index (κ3) is 4.10. The molecular formula is C17H16ClN3O5S. The van der Waals surface area contributed by atoms with Gasteiger partial charge in [-0.2, -0.15) is 4.31 Å². The second-order valence-corrected chi connectivity index (χ2v) is 8.36. The lowest BCUT2D eigenvalue weighted by molar-refractivity contribution is -0.384. The summed E-state index contributed by atoms with van der Waals surface area (Å²) in [5, 5.41) is 13.3. The summed E-state index contributed by atoms with van der Waals surface area (Å²) in [5.74, 6) is -0.592. The first-order chi connectivity index (χ1) is 12.8. The van der Waals surface area contributed by atoms with Crippen LogP contribution in [0.3, 0.4) is 0 Å². The average molecular weight is 410 g/mol. The molecule has 142 valence electrons. The van der Waals surface area contributed by atoms with Crippen molar-refractivity contribution in [3.05, 3.63) is 63.2 Å². The van der Waals surface area contributed by atoms with Crippen LogP contribution in [0.5, 0.6) is 0 Å². The minimum atomic E-state index is -3.60. The van der Waals surface area contributed by atoms with E-state index in [2.05, 4.69) is 5.32 Å². The molecule has 1 amide bonds. The minimum absolute atomic E-state index is 0.0510. The van der Waals surface area contributed by atoms with Crippen molar-refractivity contribution in [2.24, 2.45) is 0 Å². The predicted octanol–water partition coefficient (Wildman–Crippen LogP) is 3.29. The van der Waals surface area contributed by atoms with Crippen LogP contribution in [0.1, 0.15) is 23.2 Å². The Morgan fingerprint density at radius 1 is 1.15 bits per heavy atom. The van der Waals surface area contributed by atoms with Crippen LogP contribution in [-0.2, 0) is 10.0 Å². The summed E-state index contributed by atoms with van der Waals surface area (Å²) < 4.78 is 26.7. The lowest BCUT2D eigenvalue weighted by atomic mass is 10.2. The van der Waals surface area contributed by atoms with Crippen LogP contribution in [0, 0.1) is 10.1 Å². The van der Waals surface area contributed by atoms with Crippen molar-refractivity contribution in [1.82, 2.24) is 4.31 Å². The number of hydrogen-bond donors (Lipinski definition) is 1. The first-order valence-electron chi connectivity index (χ1n) is 8.14. The van der Waals surface area contributed by atoms with E-state index in [9.17, 15) is 23.3 Å². The molecule has 10 heteroatoms. The van der Waals surface area contributed by atoms with E-state index in [0.717, 1.165) is 18.9 Å². The molecule has 0 bridgehead atoms. The van der Waals surface area contributed by atoms with Gasteiger partial charge in [-0.05, 0) is 37.1 Å². The maximum Gasteiger partial charge on any atom is 0.270 e. The Morgan fingerprint density at radius 3 is 2.48 bits per heavy atom. The summed E-state index contributed by atoms with van der Waals surface area (Å²) in [6.07, 6.45) is 1.66. The number of halogens is 1. The third-order valence-corrected chi connectivity index (χ3v) is 6.41. The van der Waals surface area contributed by atoms with Gasteiger partial charge in [-0.15, -0.1) is 0 Å². The van der Waals surface area contributed by atoms with E-state index in [-0.39, 0.29) is 26.9 Å². The van der Waals surface area contributed by atoms with Crippen molar-refractivity contribution in [2.45, 2.75) is 17.7 Å². The molecule has 1 fully saturated rings. The smallest absolute Gasteiger partial charge is 0.270 e. The molecule has 1 saturated heterocycles. The number of nitro benzene ring substituents is 1. The van der Waals surface area contributed by atoms with Crippen molar-refractivity contribution in [2.75, 3.05) is 18.4 Å². The molecule has 0 aliphatic carbocycles. The Labute approximate surface area is 160 Å². The summed E-state index contributed by atoms with van der Waals surface area (Å²) >= 11 is 5.96. The van der Waals surface area contributed by atoms with Crippen LogP contribution in [-0.4, -0.2) is 36.6 Å². The molecule has 3 rings (SSSR count). The molecule has 0 aromatic heterocycles. The zero-order chi connectivity index (χ0) is 19.6. The molecule has 1 aliphatic rings. The van der Waals surface area contributed by atoms with Crippen LogP contribution in [0.25, 0.3) is 0 Å². The van der Waals surface area contributed by atoms with Crippen LogP contribution in [0.15, 0.2) is 47.4 Å². The average Bonchev–Trinajstić information content (AvgIpc) is 3.17. The van der Waals surface area contributed by atoms with Gasteiger partial charge < -0.3 is 5.32 Å². The van der Waals surface area contributed by atoms with E-state index in [4.69, 9.17) is 11.6 Å². The van der Waals surface area contributed by atoms with Crippen molar-refractivity contribution < 1.29 is 18.1 Å². The largest absolute Gasteiger partial charge is 0.322 e. The van der Waals surface area contributed by atoms with E-state index in [1.54, 1.807) is 6.07 Å². The van der Waals surface area contributed by atoms with E-state index in [0.29, 0.717) is 13.1 Å². The Bertz CT molecular complexity index is 1000. The number of nitro groups is 1. The highest BCUT2D eigenvalue weighted by Crippen LogP contribution is 2.25. The van der Waals surface area contributed by atoms with Gasteiger partial charge in [0.15, 0.2) is 0 Å². The summed E-state index contributed by atoms with van der Waals surface area (Å²) in [6, 6.07) is 9.46. The fraction of sp³-hybridized carbons (Fsp3) is 0.235. The molecule has 0 saturated carbocycles. The second-order valence-electron chi connectivity index (χ2n) is 6.01. The molecular weight excluding hydrogens is 394 g/mol. The first-order valence-corrected chi connectivity index (χ1v) is 9.96. The number of sulfonamides is 1. The molecule has 1 aliphatic heterocycles. The molecule has 0 spiro atoms. The number of rotatable bonds is 5. The molecule has 1 N–H and O–H groups in total. The summed E-state index contributed by atoms with van der Waals surface area (Å²) in [4.78, 5) is 22.6. The fourth-order valence-corrected chi connectivity index (χ4v) is 4.64. The molecule has 27 heavy (non-hydrogen) atoms. The van der Waals surface area contributed by atoms with Crippen molar-refractivity contribution in [1.29, 1.82) is 0 Å². The first kappa shape index (κ1) is 19.3. The van der Waals surface area contributed by atoms with Gasteiger partial charge in [0.25, 0.3) is 11.6 Å². The maximum atomic E-state index is 12.6. The van der Waals surface area contributed by atoms with Crippen molar-refractivity contribution >= 4 is 38.9 Å². The Kier molecular flexibility index (Phi) is 5.45. The van der Waals surface area contributed by atoms with Gasteiger partial charge in [-0.1, -0.05) is 17.7 Å². The number of hydrogen-bond acceptors (Lipinski definition) is 5. The lowest BCUT2D eigenvalue weighted by Gasteiger charge is -2.16. The number of carbonyl (C=O) groups is 1. The number of nitrogens with one attached hydrogen (secondary N) is 1. The topological polar surface area (TPSA) is 110 Å². The van der Waals surface area contributed by atoms with Gasteiger partial charge in [0.2, 0.25) is 10.0 Å². The molecule has 1 heterocycles. The number of carbonyl (C=O) groups excluding carboxylic acids is 1. The van der Waals surface area contributed by atoms with Gasteiger partial charge >= 0.3 is 0 Å². The SMILES string of the molecule is O=C(Nc1cccc(S(=O)(=O)N2CCCC2)c1)c1ccc([N+](=O)[O-])cc1Cl. The van der Waals surface area contributed by atoms with Gasteiger partial charge in [0.1, 0.15) is 0 Å². The standard InChI is InChI=1S/C17H16ClN3O5S/c18-16-11-13(21(23)24)6-7-15(16)17(22)19-12-4-3-5-14(10-12)27(25,26)20-8-1-2-9-20/h3-7,10-11H,1-2,8-9H2,(H,19,22). The molecule has 8 nitrogen and oxygen atoms in total. The number of nitrogens with zero attached hydrogens (tertiary/aromatic N) is 2. The van der Waals surface area contributed by atoms with Crippen molar-refractivity contribution in [3.63, 3.8) is 0 Å². The van der Waals surface area contributed by atoms with E-state index < -0.39 is 20.9 Å². The van der Waals surface area contributed by atoms with E-state index in [1.807, 2.05) is 0 Å². The molecule has 0 radical (unpaired) electrons. The minimum Gasteiger partial charge on any atom is -0.322 e. The molecule has 0 unspecified atom stereocenters. The summed E-state index contributed by atoms with van der Waals surface area (Å²) in [5.41, 5.74) is 0.111. The van der Waals surface area contributed by atoms with E-state index >= 15 is 0 Å². The number of benzene rings is 2. The third-order valence-electron chi connectivity index (χ3n) is 4.20. The van der Waals surface area contributed by atoms with Gasteiger partial charge in [0.05, 0.1) is 20.4 Å². The highest BCUT2D eigenvalue weighted by Gasteiger charge is 2.27. The highest BCUT2D eigenvalue weighted by molar-refractivity contribution is 7.89. The van der Waals surface area contributed by atoms with Crippen LogP contribution in [0.2, 0.25) is 5.02 Å². The second kappa shape index (κ2) is 7.63. The number of non-ortho nitro benzene ring substituents is 1. The Hall–Kier alpha value is -2.49. The highest BCUT2D eigenvalue weighted by atomic mass is 35.5. The Morgan fingerprint density at radius 2 is 1.85 bits per heavy atom. The number of amides is 1. The van der Waals surface area contributed by atoms with Gasteiger partial charge in [-0.3, -0.25) is 14.9 Å². The molecule has 2 aromatic rings. The van der Waals surface area contributed by atoms with Crippen LogP contribution >= 0.6 is 11.6 Å². The fourth-order valence-electron chi connectivity index (χ4n) is 2.81. The monoisotopic (exact) mass is 409 g/mol. The lowest BCUT2D eigenvalue weighted by Crippen LogP contribution is -2.27. The normalized spacial score (nSPS) is 14.9. The summed E-state index contributed by atoms with van der Waals surface area (Å²) in [6.45, 7) is 0.967. The van der Waals surface area contributed by atoms with Crippen molar-refractivity contribution in [3.8, 4) is 0 Å². The number of anilines is 1. The maximum absolute atomic E-state index is 12.6. The molecule has 2 aromatic carbocycles. The molecule has 0 atom stereocenters. The summed E-state index contributed by atoms with van der Waals surface area (Å²) in [7, 11) is -3.60. The van der Waals surface area contributed by atoms with Gasteiger partial charge in [0, 0.05) is 30.9 Å². The van der Waals surface area contributed by atoms with Crippen LogP contribution < -0.4 is 5.32 Å². The zero-order valence-corrected chi connectivity index (χ0v) is 15.7. The predicted molar refractivity (Wildman–Crippen MR) is 100 cm³/mol.